The van der Waals surface area contributed by atoms with Crippen LogP contribution in [0.25, 0.3) is 10.8 Å². The Hall–Kier alpha value is -6.39. The summed E-state index contributed by atoms with van der Waals surface area (Å²) < 4.78 is 0. The summed E-state index contributed by atoms with van der Waals surface area (Å²) in [5, 5.41) is 22.5. The number of aliphatic imine (C=N–C) groups is 2. The molecule has 0 radical (unpaired) electrons. The number of guanidine groups is 2. The molecule has 13 N–H and O–H groups in total. The first-order valence-corrected chi connectivity index (χ1v) is 17.6. The highest BCUT2D eigenvalue weighted by Crippen LogP contribution is 2.19. The number of nitrogens with two attached hydrogens (primary N) is 4. The fourth-order valence-electron chi connectivity index (χ4n) is 6.08. The molecule has 5 amide bonds. The highest BCUT2D eigenvalue weighted by atomic mass is 16.3. The van der Waals surface area contributed by atoms with E-state index in [9.17, 15) is 29.1 Å². The Morgan fingerprint density at radius 3 is 1.93 bits per heavy atom. The van der Waals surface area contributed by atoms with E-state index in [2.05, 4.69) is 31.3 Å². The van der Waals surface area contributed by atoms with Gasteiger partial charge in [-0.25, -0.2) is 0 Å². The molecule has 0 spiro atoms. The Morgan fingerprint density at radius 1 is 0.704 bits per heavy atom. The molecule has 0 aromatic heterocycles. The van der Waals surface area contributed by atoms with Crippen LogP contribution in [0.1, 0.15) is 36.8 Å². The van der Waals surface area contributed by atoms with E-state index in [0.717, 1.165) is 16.3 Å². The van der Waals surface area contributed by atoms with Crippen LogP contribution >= 0.6 is 0 Å². The summed E-state index contributed by atoms with van der Waals surface area (Å²) in [7, 11) is 1.46. The third-order valence-corrected chi connectivity index (χ3v) is 8.95. The maximum atomic E-state index is 14.3. The lowest BCUT2D eigenvalue weighted by atomic mass is 9.99. The molecule has 0 saturated carbocycles. The van der Waals surface area contributed by atoms with Gasteiger partial charge in [0.25, 0.3) is 0 Å². The molecule has 0 aliphatic carbocycles. The molecule has 54 heavy (non-hydrogen) atoms. The van der Waals surface area contributed by atoms with Gasteiger partial charge in [0.15, 0.2) is 11.9 Å². The van der Waals surface area contributed by atoms with Crippen molar-refractivity contribution in [2.24, 2.45) is 32.9 Å². The van der Waals surface area contributed by atoms with E-state index < -0.39 is 60.2 Å². The average Bonchev–Trinajstić information content (AvgIpc) is 3.14. The van der Waals surface area contributed by atoms with Gasteiger partial charge in [-0.05, 0) is 59.7 Å². The standard InChI is InChI=1S/C37H49N11O6/c1-48-30(20-23-10-13-24-6-2-3-7-25(24)18-23)34(53)44-21-31(50)45-29(19-22-11-14-26(49)15-12-22)33(52)46-27(8-4-16-42-36(38)39)32(51)47-28(35(48)54)9-5-17-43-37(40)41/h2-3,6-7,10-15,18,27-30,49H,4-5,8-9,16-17,19-21H2,1H3,(H,44,53)(H,45,50)(H,46,52)(H,47,51)(H4,38,39,42)(H4,40,41,43)/t27-,28+,29-,30+/m1/s1. The number of hydrogen-bond donors (Lipinski definition) is 9. The number of phenols is 1. The number of fused-ring (bicyclic) bond motifs is 1. The molecule has 4 rings (SSSR count). The summed E-state index contributed by atoms with van der Waals surface area (Å²) >= 11 is 0. The van der Waals surface area contributed by atoms with E-state index in [1.807, 2.05) is 42.5 Å². The van der Waals surface area contributed by atoms with Gasteiger partial charge >= 0.3 is 0 Å². The maximum Gasteiger partial charge on any atom is 0.245 e. The lowest BCUT2D eigenvalue weighted by molar-refractivity contribution is -0.142. The number of rotatable bonds is 12. The lowest BCUT2D eigenvalue weighted by Gasteiger charge is -2.31. The molecular formula is C37H49N11O6. The molecule has 0 unspecified atom stereocenters. The predicted octanol–water partition coefficient (Wildman–Crippen LogP) is -1.15. The highest BCUT2D eigenvalue weighted by molar-refractivity contribution is 5.97. The van der Waals surface area contributed by atoms with Gasteiger partial charge in [-0.2, -0.15) is 0 Å². The van der Waals surface area contributed by atoms with E-state index in [0.29, 0.717) is 12.0 Å². The quantitative estimate of drug-likeness (QED) is 0.0610. The second-order valence-electron chi connectivity index (χ2n) is 13.1. The fourth-order valence-corrected chi connectivity index (χ4v) is 6.08. The van der Waals surface area contributed by atoms with Crippen molar-refractivity contribution in [1.29, 1.82) is 0 Å². The number of nitrogens with one attached hydrogen (secondary N) is 4. The van der Waals surface area contributed by atoms with E-state index in [-0.39, 0.29) is 62.9 Å². The van der Waals surface area contributed by atoms with Crippen molar-refractivity contribution in [2.45, 2.75) is 62.7 Å². The van der Waals surface area contributed by atoms with Crippen LogP contribution in [0.15, 0.2) is 76.7 Å². The third-order valence-electron chi connectivity index (χ3n) is 8.95. The van der Waals surface area contributed by atoms with Gasteiger partial charge in [0.2, 0.25) is 29.5 Å². The number of phenolic OH excluding ortho intramolecular Hbond substituents is 1. The second-order valence-corrected chi connectivity index (χ2v) is 13.1. The minimum absolute atomic E-state index is 0.00658. The monoisotopic (exact) mass is 743 g/mol. The predicted molar refractivity (Wildman–Crippen MR) is 205 cm³/mol. The Labute approximate surface area is 313 Å². The van der Waals surface area contributed by atoms with Gasteiger partial charge in [-0.3, -0.25) is 34.0 Å². The van der Waals surface area contributed by atoms with Gasteiger partial charge in [-0.15, -0.1) is 0 Å². The number of amides is 5. The molecule has 3 aromatic carbocycles. The molecule has 4 atom stereocenters. The Kier molecular flexibility index (Phi) is 14.5. The third kappa shape index (κ3) is 12.1. The van der Waals surface area contributed by atoms with Crippen molar-refractivity contribution in [1.82, 2.24) is 26.2 Å². The van der Waals surface area contributed by atoms with E-state index in [4.69, 9.17) is 22.9 Å². The molecule has 3 aromatic rings. The zero-order chi connectivity index (χ0) is 39.2. The van der Waals surface area contributed by atoms with E-state index in [1.165, 1.54) is 24.1 Å². The smallest absolute Gasteiger partial charge is 0.245 e. The van der Waals surface area contributed by atoms with Crippen LogP contribution in [0.5, 0.6) is 5.75 Å². The van der Waals surface area contributed by atoms with Gasteiger partial charge in [0, 0.05) is 33.0 Å². The summed E-state index contributed by atoms with van der Waals surface area (Å²) in [4.78, 5) is 78.5. The number of hydrogen-bond acceptors (Lipinski definition) is 8. The first-order valence-electron chi connectivity index (χ1n) is 17.6. The molecular weight excluding hydrogens is 694 g/mol. The van der Waals surface area contributed by atoms with Crippen LogP contribution in [-0.4, -0.2) is 102 Å². The average molecular weight is 744 g/mol. The summed E-state index contributed by atoms with van der Waals surface area (Å²) in [6.07, 6.45) is 0.816. The van der Waals surface area contributed by atoms with Crippen LogP contribution in [0, 0.1) is 0 Å². The number of carbonyl (C=O) groups is 5. The zero-order valence-corrected chi connectivity index (χ0v) is 30.2. The van der Waals surface area contributed by atoms with Gasteiger partial charge < -0.3 is 54.2 Å². The molecule has 1 fully saturated rings. The van der Waals surface area contributed by atoms with Crippen LogP contribution in [0.4, 0.5) is 0 Å². The Balaban J connectivity index is 1.71. The van der Waals surface area contributed by atoms with Gasteiger partial charge in [-0.1, -0.05) is 54.6 Å². The molecule has 0 bridgehead atoms. The normalized spacial score (nSPS) is 20.1. The van der Waals surface area contributed by atoms with Crippen molar-refractivity contribution in [2.75, 3.05) is 26.7 Å². The first-order chi connectivity index (χ1) is 25.8. The molecule has 17 heteroatoms. The highest BCUT2D eigenvalue weighted by Gasteiger charge is 2.35. The van der Waals surface area contributed by atoms with E-state index in [1.54, 1.807) is 12.1 Å². The van der Waals surface area contributed by atoms with Crippen molar-refractivity contribution in [3.63, 3.8) is 0 Å². The van der Waals surface area contributed by atoms with Crippen LogP contribution < -0.4 is 44.2 Å². The van der Waals surface area contributed by atoms with Crippen molar-refractivity contribution >= 4 is 52.2 Å². The zero-order valence-electron chi connectivity index (χ0n) is 30.2. The van der Waals surface area contributed by atoms with E-state index >= 15 is 0 Å². The topological polar surface area (TPSA) is 286 Å². The van der Waals surface area contributed by atoms with Crippen molar-refractivity contribution < 1.29 is 29.1 Å². The van der Waals surface area contributed by atoms with Crippen molar-refractivity contribution in [3.8, 4) is 5.75 Å². The minimum Gasteiger partial charge on any atom is -0.508 e. The minimum atomic E-state index is -1.19. The van der Waals surface area contributed by atoms with Crippen molar-refractivity contribution in [3.05, 3.63) is 77.9 Å². The lowest BCUT2D eigenvalue weighted by Crippen LogP contribution is -2.58. The number of nitrogens with zero attached hydrogens (tertiary/aromatic N) is 3. The fraction of sp³-hybridized carbons (Fsp3) is 0.378. The van der Waals surface area contributed by atoms with Gasteiger partial charge in [0.1, 0.15) is 29.9 Å². The second kappa shape index (κ2) is 19.4. The molecule has 1 saturated heterocycles. The maximum absolute atomic E-state index is 14.3. The largest absolute Gasteiger partial charge is 0.508 e. The summed E-state index contributed by atoms with van der Waals surface area (Å²) in [5.74, 6) is -3.51. The number of carbonyl (C=O) groups excluding carboxylic acids is 5. The molecule has 1 aliphatic heterocycles. The van der Waals surface area contributed by atoms with Crippen LogP contribution in [0.2, 0.25) is 0 Å². The first kappa shape index (κ1) is 40.4. The molecule has 17 nitrogen and oxygen atoms in total. The van der Waals surface area contributed by atoms with Crippen LogP contribution in [0.3, 0.4) is 0 Å². The molecule has 288 valence electrons. The molecule has 1 heterocycles. The summed E-state index contributed by atoms with van der Waals surface area (Å²) in [6.45, 7) is -0.183. The van der Waals surface area contributed by atoms with Gasteiger partial charge in [0.05, 0.1) is 6.54 Å². The van der Waals surface area contributed by atoms with Crippen LogP contribution in [-0.2, 0) is 36.8 Å². The summed E-state index contributed by atoms with van der Waals surface area (Å²) in [6, 6.07) is 14.9. The SMILES string of the molecule is CN1C(=O)[C@H](CCCN=C(N)N)NC(=O)[C@@H](CCCN=C(N)N)NC(=O)[C@@H](Cc2ccc(O)cc2)NC(=O)CNC(=O)[C@@H]1Cc1ccc2ccccc2c1. The summed E-state index contributed by atoms with van der Waals surface area (Å²) in [5.41, 5.74) is 23.3. The number of benzene rings is 3. The number of aromatic hydroxyl groups is 1. The Bertz CT molecular complexity index is 1860. The molecule has 1 aliphatic rings. The number of likely N-dealkylation sites (N-methyl/N-ethyl adjacent to an activating group) is 1. The Morgan fingerprint density at radius 2 is 1.28 bits per heavy atom.